The highest BCUT2D eigenvalue weighted by Crippen LogP contribution is 2.52. The molecule has 27 heavy (non-hydrogen) atoms. The summed E-state index contributed by atoms with van der Waals surface area (Å²) in [6.45, 7) is 1.16. The van der Waals surface area contributed by atoms with Crippen LogP contribution in [0.15, 0.2) is 0 Å². The van der Waals surface area contributed by atoms with Crippen LogP contribution < -0.4 is 10.6 Å². The Balaban J connectivity index is 1.53. The molecule has 4 rings (SSSR count). The minimum Gasteiger partial charge on any atom is -0.351 e. The van der Waals surface area contributed by atoms with Gasteiger partial charge in [0.15, 0.2) is 0 Å². The quantitative estimate of drug-likeness (QED) is 0.731. The van der Waals surface area contributed by atoms with Crippen LogP contribution in [0.3, 0.4) is 0 Å². The number of likely N-dealkylation sites (tertiary alicyclic amines) is 1. The van der Waals surface area contributed by atoms with Crippen LogP contribution in [-0.2, 0) is 9.59 Å². The van der Waals surface area contributed by atoms with E-state index in [1.54, 1.807) is 6.92 Å². The predicted octanol–water partition coefficient (Wildman–Crippen LogP) is 1.61. The van der Waals surface area contributed by atoms with Crippen LogP contribution in [0, 0.1) is 16.7 Å². The first-order valence-corrected chi connectivity index (χ1v) is 9.78. The molecule has 2 N–H and O–H groups in total. The zero-order valence-corrected chi connectivity index (χ0v) is 15.8. The molecule has 1 heterocycles. The Morgan fingerprint density at radius 2 is 1.89 bits per heavy atom. The highest BCUT2D eigenvalue weighted by Gasteiger charge is 2.52. The molecule has 0 radical (unpaired) electrons. The molecule has 0 aromatic rings. The van der Waals surface area contributed by atoms with E-state index in [1.165, 1.54) is 4.90 Å². The maximum absolute atomic E-state index is 13.5. The molecule has 3 aliphatic carbocycles. The van der Waals surface area contributed by atoms with Gasteiger partial charge in [-0.1, -0.05) is 0 Å². The van der Waals surface area contributed by atoms with Crippen LogP contribution in [0.25, 0.3) is 0 Å². The van der Waals surface area contributed by atoms with Crippen LogP contribution in [0.1, 0.15) is 51.9 Å². The molecule has 3 unspecified atom stereocenters. The number of nitrogens with zero attached hydrogens (tertiary/aromatic N) is 2. The Bertz CT molecular complexity index is 611. The Kier molecular flexibility index (Phi) is 5.71. The average Bonchev–Trinajstić information content (AvgIpc) is 3.08. The normalized spacial score (nSPS) is 36.3. The molecule has 0 spiro atoms. The van der Waals surface area contributed by atoms with Crippen molar-refractivity contribution in [2.45, 2.75) is 75.7 Å². The zero-order valence-electron chi connectivity index (χ0n) is 15.8. The molecule has 4 fully saturated rings. The Hall–Kier alpha value is -1.75. The highest BCUT2D eigenvalue weighted by molar-refractivity contribution is 5.83. The first kappa shape index (κ1) is 20.0. The summed E-state index contributed by atoms with van der Waals surface area (Å²) in [6, 6.07) is 0.848. The minimum atomic E-state index is -1.13. The smallest absolute Gasteiger partial charge is 0.237 e. The summed E-state index contributed by atoms with van der Waals surface area (Å²) in [7, 11) is 0. The molecule has 1 aliphatic heterocycles. The number of amides is 2. The minimum absolute atomic E-state index is 0.0121. The van der Waals surface area contributed by atoms with E-state index >= 15 is 0 Å². The van der Waals surface area contributed by atoms with E-state index in [2.05, 4.69) is 10.6 Å². The Morgan fingerprint density at radius 3 is 2.44 bits per heavy atom. The monoisotopic (exact) mass is 382 g/mol. The Labute approximate surface area is 158 Å². The third-order valence-corrected chi connectivity index (χ3v) is 6.67. The lowest BCUT2D eigenvalue weighted by atomic mass is 9.57. The van der Waals surface area contributed by atoms with E-state index in [-0.39, 0.29) is 36.9 Å². The zero-order chi connectivity index (χ0) is 19.7. The maximum atomic E-state index is 13.5. The number of nitrogens with one attached hydrogen (secondary N) is 2. The average molecular weight is 382 g/mol. The van der Waals surface area contributed by atoms with Crippen molar-refractivity contribution in [3.05, 3.63) is 0 Å². The van der Waals surface area contributed by atoms with E-state index in [0.29, 0.717) is 0 Å². The third kappa shape index (κ3) is 3.93. The highest BCUT2D eigenvalue weighted by atomic mass is 19.1. The Morgan fingerprint density at radius 1 is 1.26 bits per heavy atom. The lowest BCUT2D eigenvalue weighted by molar-refractivity contribution is -0.140. The second kappa shape index (κ2) is 7.70. The number of carbonyl (C=O) groups excluding carboxylic acids is 2. The fourth-order valence-corrected chi connectivity index (χ4v) is 4.75. The molecule has 0 aromatic carbocycles. The molecule has 4 aliphatic rings. The SMILES string of the molecule is CC(CF)NC(=O)C12CCC(NCC(=O)N3CC(F)CC3C#N)(CC1)CC2. The van der Waals surface area contributed by atoms with Gasteiger partial charge in [0.2, 0.25) is 11.8 Å². The standard InChI is InChI=1S/C19H28F2N4O2/c1-13(9-20)24-17(27)18-2-5-19(6-3-18,7-4-18)23-11-16(26)25-12-14(21)8-15(25)10-22/h13-15,23H,2-9,11-12H2,1H3,(H,24,27). The summed E-state index contributed by atoms with van der Waals surface area (Å²) >= 11 is 0. The molecular weight excluding hydrogens is 354 g/mol. The van der Waals surface area contributed by atoms with Gasteiger partial charge in [-0.05, 0) is 45.4 Å². The van der Waals surface area contributed by atoms with E-state index < -0.39 is 30.3 Å². The van der Waals surface area contributed by atoms with Crippen molar-refractivity contribution in [1.29, 1.82) is 5.26 Å². The van der Waals surface area contributed by atoms with E-state index in [1.807, 2.05) is 6.07 Å². The third-order valence-electron chi connectivity index (χ3n) is 6.67. The molecular formula is C19H28F2N4O2. The van der Waals surface area contributed by atoms with Gasteiger partial charge in [-0.25, -0.2) is 8.78 Å². The number of rotatable bonds is 6. The largest absolute Gasteiger partial charge is 0.351 e. The van der Waals surface area contributed by atoms with Crippen molar-refractivity contribution in [3.8, 4) is 6.07 Å². The number of alkyl halides is 2. The van der Waals surface area contributed by atoms with Gasteiger partial charge < -0.3 is 15.5 Å². The second-order valence-corrected chi connectivity index (χ2v) is 8.47. The van der Waals surface area contributed by atoms with Gasteiger partial charge in [0.1, 0.15) is 18.9 Å². The summed E-state index contributed by atoms with van der Waals surface area (Å²) in [5, 5.41) is 15.2. The molecule has 6 nitrogen and oxygen atoms in total. The molecule has 1 saturated heterocycles. The molecule has 3 saturated carbocycles. The summed E-state index contributed by atoms with van der Waals surface area (Å²) in [4.78, 5) is 26.3. The van der Waals surface area contributed by atoms with E-state index in [0.717, 1.165) is 38.5 Å². The van der Waals surface area contributed by atoms with Crippen LogP contribution >= 0.6 is 0 Å². The van der Waals surface area contributed by atoms with Gasteiger partial charge in [0, 0.05) is 17.4 Å². The van der Waals surface area contributed by atoms with Crippen molar-refractivity contribution >= 4 is 11.8 Å². The van der Waals surface area contributed by atoms with Crippen molar-refractivity contribution in [2.24, 2.45) is 5.41 Å². The van der Waals surface area contributed by atoms with E-state index in [9.17, 15) is 18.4 Å². The molecule has 2 bridgehead atoms. The van der Waals surface area contributed by atoms with Gasteiger partial charge in [0.25, 0.3) is 0 Å². The summed E-state index contributed by atoms with van der Waals surface area (Å²) in [5.41, 5.74) is -0.598. The molecule has 0 aromatic heterocycles. The van der Waals surface area contributed by atoms with Crippen LogP contribution in [0.2, 0.25) is 0 Å². The number of carbonyl (C=O) groups is 2. The molecule has 8 heteroatoms. The summed E-state index contributed by atoms with van der Waals surface area (Å²) in [6.07, 6.45) is 3.46. The fourth-order valence-electron chi connectivity index (χ4n) is 4.75. The van der Waals surface area contributed by atoms with Gasteiger partial charge in [0.05, 0.1) is 25.2 Å². The van der Waals surface area contributed by atoms with Crippen LogP contribution in [0.5, 0.6) is 0 Å². The first-order chi connectivity index (χ1) is 12.8. The molecule has 3 atom stereocenters. The topological polar surface area (TPSA) is 85.2 Å². The van der Waals surface area contributed by atoms with Crippen molar-refractivity contribution in [3.63, 3.8) is 0 Å². The molecule has 150 valence electrons. The number of nitriles is 1. The summed E-state index contributed by atoms with van der Waals surface area (Å²) in [5.74, 6) is -0.298. The number of halogens is 2. The van der Waals surface area contributed by atoms with E-state index in [4.69, 9.17) is 5.26 Å². The van der Waals surface area contributed by atoms with Gasteiger partial charge in [-0.15, -0.1) is 0 Å². The van der Waals surface area contributed by atoms with Crippen LogP contribution in [-0.4, -0.2) is 60.3 Å². The van der Waals surface area contributed by atoms with Crippen molar-refractivity contribution in [2.75, 3.05) is 19.8 Å². The van der Waals surface area contributed by atoms with Crippen LogP contribution in [0.4, 0.5) is 8.78 Å². The lowest BCUT2D eigenvalue weighted by Gasteiger charge is -2.53. The predicted molar refractivity (Wildman–Crippen MR) is 95.1 cm³/mol. The summed E-state index contributed by atoms with van der Waals surface area (Å²) < 4.78 is 26.2. The first-order valence-electron chi connectivity index (χ1n) is 9.78. The van der Waals surface area contributed by atoms with Crippen molar-refractivity contribution < 1.29 is 18.4 Å². The van der Waals surface area contributed by atoms with Crippen molar-refractivity contribution in [1.82, 2.24) is 15.5 Å². The van der Waals surface area contributed by atoms with Gasteiger partial charge >= 0.3 is 0 Å². The number of hydrogen-bond acceptors (Lipinski definition) is 4. The van der Waals surface area contributed by atoms with Gasteiger partial charge in [-0.3, -0.25) is 9.59 Å². The molecule has 2 amide bonds. The number of hydrogen-bond donors (Lipinski definition) is 2. The van der Waals surface area contributed by atoms with Gasteiger partial charge in [-0.2, -0.15) is 5.26 Å². The lowest BCUT2D eigenvalue weighted by Crippen LogP contribution is -2.60. The maximum Gasteiger partial charge on any atom is 0.237 e. The number of fused-ring (bicyclic) bond motifs is 3. The fraction of sp³-hybridized carbons (Fsp3) is 0.842. The second-order valence-electron chi connectivity index (χ2n) is 8.47.